The number of aromatic nitrogens is 2. The van der Waals surface area contributed by atoms with Gasteiger partial charge in [-0.05, 0) is 49.7 Å². The number of ether oxygens (including phenoxy) is 1. The summed E-state index contributed by atoms with van der Waals surface area (Å²) in [6.07, 6.45) is 6.01. The number of hydrogen-bond donors (Lipinski definition) is 2. The highest BCUT2D eigenvalue weighted by Crippen LogP contribution is 2.16. The lowest BCUT2D eigenvalue weighted by Gasteiger charge is -2.23. The average Bonchev–Trinajstić information content (AvgIpc) is 3.10. The van der Waals surface area contributed by atoms with Crippen molar-refractivity contribution in [3.05, 3.63) is 66.1 Å². The summed E-state index contributed by atoms with van der Waals surface area (Å²) in [6.45, 7) is 2.22. The maximum atomic E-state index is 12.4. The summed E-state index contributed by atoms with van der Waals surface area (Å²) in [5, 5.41) is 6.39. The van der Waals surface area contributed by atoms with Gasteiger partial charge in [-0.15, -0.1) is 0 Å². The van der Waals surface area contributed by atoms with Crippen molar-refractivity contribution in [3.63, 3.8) is 0 Å². The molecule has 1 amide bonds. The summed E-state index contributed by atoms with van der Waals surface area (Å²) < 4.78 is 7.79. The molecule has 0 spiro atoms. The minimum Gasteiger partial charge on any atom is -0.487 e. The van der Waals surface area contributed by atoms with E-state index in [-0.39, 0.29) is 11.9 Å². The third kappa shape index (κ3) is 3.86. The smallest absolute Gasteiger partial charge is 0.251 e. The number of nitrogens with zero attached hydrogens (tertiary/aromatic N) is 2. The second-order valence-electron chi connectivity index (χ2n) is 6.53. The van der Waals surface area contributed by atoms with E-state index in [1.165, 1.54) is 0 Å². The average molecular weight is 350 g/mol. The number of imidazole rings is 1. The molecule has 0 bridgehead atoms. The first kappa shape index (κ1) is 16.6. The maximum Gasteiger partial charge on any atom is 0.251 e. The molecular formula is C20H22N4O2. The number of amides is 1. The van der Waals surface area contributed by atoms with Gasteiger partial charge in [-0.3, -0.25) is 4.79 Å². The van der Waals surface area contributed by atoms with Gasteiger partial charge in [0.2, 0.25) is 0 Å². The van der Waals surface area contributed by atoms with E-state index in [0.717, 1.165) is 37.3 Å². The largest absolute Gasteiger partial charge is 0.487 e. The Morgan fingerprint density at radius 2 is 2.27 bits per heavy atom. The molecular weight excluding hydrogens is 328 g/mol. The van der Waals surface area contributed by atoms with E-state index in [1.54, 1.807) is 6.07 Å². The van der Waals surface area contributed by atoms with Crippen molar-refractivity contribution in [1.29, 1.82) is 0 Å². The van der Waals surface area contributed by atoms with Gasteiger partial charge in [-0.25, -0.2) is 4.98 Å². The van der Waals surface area contributed by atoms with Gasteiger partial charge in [0.05, 0.1) is 5.69 Å². The zero-order chi connectivity index (χ0) is 17.8. The Labute approximate surface area is 152 Å². The molecule has 1 aromatic carbocycles. The summed E-state index contributed by atoms with van der Waals surface area (Å²) in [7, 11) is 0. The Morgan fingerprint density at radius 3 is 3.12 bits per heavy atom. The molecule has 1 saturated heterocycles. The molecule has 0 radical (unpaired) electrons. The van der Waals surface area contributed by atoms with Crippen molar-refractivity contribution < 1.29 is 9.53 Å². The number of fused-ring (bicyclic) bond motifs is 1. The standard InChI is InChI=1S/C20H22N4O2/c25-20(23-16-6-4-9-21-12-16)15-5-3-7-18(11-15)26-14-17-13-24-10-2-1-8-19(24)22-17/h1-3,5,7-8,10-11,13,16,21H,4,6,9,12,14H2,(H,23,25). The number of rotatable bonds is 5. The van der Waals surface area contributed by atoms with E-state index in [1.807, 2.05) is 53.2 Å². The first-order valence-corrected chi connectivity index (χ1v) is 8.95. The lowest BCUT2D eigenvalue weighted by molar-refractivity contribution is 0.0930. The quantitative estimate of drug-likeness (QED) is 0.741. The van der Waals surface area contributed by atoms with Crippen LogP contribution in [0.1, 0.15) is 28.9 Å². The Morgan fingerprint density at radius 1 is 1.31 bits per heavy atom. The van der Waals surface area contributed by atoms with E-state index in [4.69, 9.17) is 4.74 Å². The van der Waals surface area contributed by atoms with Gasteiger partial charge in [0.15, 0.2) is 0 Å². The van der Waals surface area contributed by atoms with Crippen molar-refractivity contribution in [2.45, 2.75) is 25.5 Å². The molecule has 0 saturated carbocycles. The zero-order valence-electron chi connectivity index (χ0n) is 14.5. The normalized spacial score (nSPS) is 17.2. The number of pyridine rings is 1. The topological polar surface area (TPSA) is 67.7 Å². The first-order valence-electron chi connectivity index (χ1n) is 8.95. The van der Waals surface area contributed by atoms with Gasteiger partial charge in [-0.1, -0.05) is 12.1 Å². The van der Waals surface area contributed by atoms with Crippen LogP contribution in [0.5, 0.6) is 5.75 Å². The van der Waals surface area contributed by atoms with E-state index in [0.29, 0.717) is 17.9 Å². The Bertz CT molecular complexity index is 866. The minimum atomic E-state index is -0.0584. The number of benzene rings is 1. The predicted octanol–water partition coefficient (Wildman–Crippen LogP) is 2.40. The fourth-order valence-electron chi connectivity index (χ4n) is 3.18. The number of piperidine rings is 1. The highest BCUT2D eigenvalue weighted by atomic mass is 16.5. The highest BCUT2D eigenvalue weighted by Gasteiger charge is 2.16. The molecule has 3 aromatic rings. The third-order valence-electron chi connectivity index (χ3n) is 4.53. The van der Waals surface area contributed by atoms with Crippen LogP contribution in [-0.4, -0.2) is 34.4 Å². The fourth-order valence-corrected chi connectivity index (χ4v) is 3.18. The van der Waals surface area contributed by atoms with Crippen LogP contribution in [0, 0.1) is 0 Å². The number of carbonyl (C=O) groups excluding carboxylic acids is 1. The zero-order valence-corrected chi connectivity index (χ0v) is 14.5. The van der Waals surface area contributed by atoms with Crippen molar-refractivity contribution in [1.82, 2.24) is 20.0 Å². The molecule has 1 aliphatic rings. The molecule has 0 aliphatic carbocycles. The van der Waals surface area contributed by atoms with Crippen LogP contribution in [0.2, 0.25) is 0 Å². The minimum absolute atomic E-state index is 0.0584. The van der Waals surface area contributed by atoms with Crippen LogP contribution >= 0.6 is 0 Å². The van der Waals surface area contributed by atoms with Crippen molar-refractivity contribution in [3.8, 4) is 5.75 Å². The van der Waals surface area contributed by atoms with E-state index in [9.17, 15) is 4.79 Å². The summed E-state index contributed by atoms with van der Waals surface area (Å²) in [5.41, 5.74) is 2.35. The highest BCUT2D eigenvalue weighted by molar-refractivity contribution is 5.94. The third-order valence-corrected chi connectivity index (χ3v) is 4.53. The molecule has 2 N–H and O–H groups in total. The molecule has 26 heavy (non-hydrogen) atoms. The Balaban J connectivity index is 1.39. The monoisotopic (exact) mass is 350 g/mol. The van der Waals surface area contributed by atoms with Gasteiger partial charge in [-0.2, -0.15) is 0 Å². The van der Waals surface area contributed by atoms with Gasteiger partial charge in [0, 0.05) is 30.5 Å². The Hall–Kier alpha value is -2.86. The van der Waals surface area contributed by atoms with E-state index < -0.39 is 0 Å². The van der Waals surface area contributed by atoms with Crippen molar-refractivity contribution >= 4 is 11.6 Å². The Kier molecular flexibility index (Phi) is 4.84. The molecule has 6 nitrogen and oxygen atoms in total. The molecule has 1 unspecified atom stereocenters. The molecule has 134 valence electrons. The van der Waals surface area contributed by atoms with Crippen LogP contribution in [0.15, 0.2) is 54.9 Å². The van der Waals surface area contributed by atoms with Gasteiger partial charge < -0.3 is 19.8 Å². The first-order chi connectivity index (χ1) is 12.8. The second-order valence-corrected chi connectivity index (χ2v) is 6.53. The number of nitrogens with one attached hydrogen (secondary N) is 2. The molecule has 1 aliphatic heterocycles. The van der Waals surface area contributed by atoms with Crippen molar-refractivity contribution in [2.75, 3.05) is 13.1 Å². The molecule has 2 aromatic heterocycles. The van der Waals surface area contributed by atoms with Crippen LogP contribution in [-0.2, 0) is 6.61 Å². The molecule has 3 heterocycles. The second kappa shape index (κ2) is 7.58. The summed E-state index contributed by atoms with van der Waals surface area (Å²) >= 11 is 0. The maximum absolute atomic E-state index is 12.4. The number of hydrogen-bond acceptors (Lipinski definition) is 4. The molecule has 1 fully saturated rings. The molecule has 6 heteroatoms. The van der Waals surface area contributed by atoms with Crippen LogP contribution in [0.25, 0.3) is 5.65 Å². The lowest BCUT2D eigenvalue weighted by atomic mass is 10.1. The van der Waals surface area contributed by atoms with Crippen LogP contribution in [0.4, 0.5) is 0 Å². The van der Waals surface area contributed by atoms with Crippen LogP contribution in [0.3, 0.4) is 0 Å². The SMILES string of the molecule is O=C(NC1CCCNC1)c1cccc(OCc2cn3ccccc3n2)c1. The lowest BCUT2D eigenvalue weighted by Crippen LogP contribution is -2.45. The molecule has 1 atom stereocenters. The van der Waals surface area contributed by atoms with Gasteiger partial charge in [0.25, 0.3) is 5.91 Å². The van der Waals surface area contributed by atoms with Crippen LogP contribution < -0.4 is 15.4 Å². The predicted molar refractivity (Wildman–Crippen MR) is 99.3 cm³/mol. The number of carbonyl (C=O) groups is 1. The van der Waals surface area contributed by atoms with Gasteiger partial charge >= 0.3 is 0 Å². The van der Waals surface area contributed by atoms with E-state index >= 15 is 0 Å². The summed E-state index contributed by atoms with van der Waals surface area (Å²) in [6, 6.07) is 13.3. The summed E-state index contributed by atoms with van der Waals surface area (Å²) in [4.78, 5) is 17.0. The van der Waals surface area contributed by atoms with E-state index in [2.05, 4.69) is 15.6 Å². The van der Waals surface area contributed by atoms with Gasteiger partial charge in [0.1, 0.15) is 18.0 Å². The molecule has 4 rings (SSSR count). The van der Waals surface area contributed by atoms with Crippen molar-refractivity contribution in [2.24, 2.45) is 0 Å². The summed E-state index contributed by atoms with van der Waals surface area (Å²) in [5.74, 6) is 0.605. The fraction of sp³-hybridized carbons (Fsp3) is 0.300.